The zero-order chi connectivity index (χ0) is 36.0. The molecule has 0 aromatic heterocycles. The molecule has 8 rings (SSSR count). The van der Waals surface area contributed by atoms with Crippen molar-refractivity contribution < 1.29 is 36.6 Å². The van der Waals surface area contributed by atoms with E-state index < -0.39 is 45.8 Å². The number of rotatable bonds is 9. The summed E-state index contributed by atoms with van der Waals surface area (Å²) in [6.45, 7) is 1.75. The third-order valence-electron chi connectivity index (χ3n) is 10.1. The molecule has 1 aliphatic carbocycles. The number of cyclic esters (lactones) is 1. The molecule has 9 nitrogen and oxygen atoms in total. The van der Waals surface area contributed by atoms with Crippen LogP contribution in [0.1, 0.15) is 35.1 Å². The summed E-state index contributed by atoms with van der Waals surface area (Å²) >= 11 is 0. The summed E-state index contributed by atoms with van der Waals surface area (Å²) in [5.74, 6) is -0.736. The fourth-order valence-electron chi connectivity index (χ4n) is 7.47. The van der Waals surface area contributed by atoms with Crippen LogP contribution >= 0.6 is 0 Å². The van der Waals surface area contributed by atoms with Gasteiger partial charge in [0, 0.05) is 12.3 Å². The first-order valence-electron chi connectivity index (χ1n) is 17.1. The molecular formula is C41H35FN2O7S. The summed E-state index contributed by atoms with van der Waals surface area (Å²) in [6, 6.07) is 36.3. The normalized spacial score (nSPS) is 19.3. The fraction of sp³-hybridized carbons (Fsp3) is 0.220. The maximum atomic E-state index is 13.9. The third kappa shape index (κ3) is 5.99. The number of benzene rings is 5. The number of esters is 1. The molecule has 52 heavy (non-hydrogen) atoms. The van der Waals surface area contributed by atoms with E-state index in [2.05, 4.69) is 12.1 Å². The van der Waals surface area contributed by atoms with E-state index in [1.807, 2.05) is 66.7 Å². The molecule has 11 heteroatoms. The lowest BCUT2D eigenvalue weighted by molar-refractivity contribution is -0.142. The Kier molecular flexibility index (Phi) is 8.55. The van der Waals surface area contributed by atoms with Crippen molar-refractivity contribution in [3.63, 3.8) is 0 Å². The van der Waals surface area contributed by atoms with Gasteiger partial charge in [-0.15, -0.1) is 0 Å². The maximum absolute atomic E-state index is 13.9. The van der Waals surface area contributed by atoms with Crippen molar-refractivity contribution in [1.82, 2.24) is 9.21 Å². The Labute approximate surface area is 301 Å². The number of hydrogen-bond acceptors (Lipinski definition) is 7. The minimum Gasteiger partial charge on any atom is -0.480 e. The number of carbonyl (C=O) groups is 2. The van der Waals surface area contributed by atoms with E-state index in [-0.39, 0.29) is 36.9 Å². The van der Waals surface area contributed by atoms with Gasteiger partial charge in [-0.05, 0) is 76.7 Å². The molecule has 0 saturated carbocycles. The molecule has 0 radical (unpaired) electrons. The Morgan fingerprint density at radius 3 is 2.15 bits per heavy atom. The van der Waals surface area contributed by atoms with Crippen molar-refractivity contribution in [2.24, 2.45) is 0 Å². The Bertz CT molecular complexity index is 2210. The first kappa shape index (κ1) is 33.6. The number of nitrogens with zero attached hydrogens (tertiary/aromatic N) is 2. The van der Waals surface area contributed by atoms with Crippen molar-refractivity contribution in [2.75, 3.05) is 19.7 Å². The molecule has 0 spiro atoms. The highest BCUT2D eigenvalue weighted by Crippen LogP contribution is 2.45. The molecule has 5 aromatic carbocycles. The maximum Gasteiger partial charge on any atom is 0.413 e. The number of ether oxygens (including phenoxy) is 3. The molecule has 1 unspecified atom stereocenters. The average Bonchev–Trinajstić information content (AvgIpc) is 3.61. The van der Waals surface area contributed by atoms with Crippen molar-refractivity contribution in [2.45, 2.75) is 42.0 Å². The van der Waals surface area contributed by atoms with Crippen LogP contribution in [0.2, 0.25) is 0 Å². The number of sulfonamides is 1. The van der Waals surface area contributed by atoms with Gasteiger partial charge >= 0.3 is 12.1 Å². The summed E-state index contributed by atoms with van der Waals surface area (Å²) in [5.41, 5.74) is 4.69. The Morgan fingerprint density at radius 1 is 0.846 bits per heavy atom. The first-order chi connectivity index (χ1) is 25.1. The van der Waals surface area contributed by atoms with Gasteiger partial charge < -0.3 is 14.2 Å². The standard InChI is InChI=1S/C41H35FN2O7S/c1-27-44(40(46)49-24-37-35-16-7-5-14-33(35)34-15-6-8-17-36(34)37)38(39(45)50-27)23-28-10-9-13-32(22-28)52(47,48)43-25-41(26-43,29-11-3-2-4-12-29)51-31-20-18-30(42)19-21-31/h2-22,27,37-38H,23-26H2,1H3/t27?,38-/m0/s1. The van der Waals surface area contributed by atoms with Gasteiger partial charge in [-0.2, -0.15) is 4.31 Å². The topological polar surface area (TPSA) is 102 Å². The lowest BCUT2D eigenvalue weighted by atomic mass is 9.87. The number of carbonyl (C=O) groups excluding carboxylic acids is 2. The highest BCUT2D eigenvalue weighted by molar-refractivity contribution is 7.89. The van der Waals surface area contributed by atoms with Gasteiger partial charge in [0.25, 0.3) is 0 Å². The average molecular weight is 719 g/mol. The number of amides is 1. The molecule has 0 N–H and O–H groups in total. The van der Waals surface area contributed by atoms with Crippen LogP contribution < -0.4 is 4.74 Å². The van der Waals surface area contributed by atoms with Crippen LogP contribution in [0.4, 0.5) is 9.18 Å². The zero-order valence-corrected chi connectivity index (χ0v) is 29.0. The summed E-state index contributed by atoms with van der Waals surface area (Å²) in [4.78, 5) is 28.0. The largest absolute Gasteiger partial charge is 0.480 e. The molecule has 2 aliphatic heterocycles. The van der Waals surface area contributed by atoms with Gasteiger partial charge in [0.15, 0.2) is 11.8 Å². The zero-order valence-electron chi connectivity index (χ0n) is 28.2. The highest BCUT2D eigenvalue weighted by atomic mass is 32.2. The van der Waals surface area contributed by atoms with Crippen LogP contribution in [0.3, 0.4) is 0 Å². The van der Waals surface area contributed by atoms with Crippen LogP contribution in [0.25, 0.3) is 11.1 Å². The molecule has 1 amide bonds. The van der Waals surface area contributed by atoms with Gasteiger partial charge in [0.05, 0.1) is 18.0 Å². The number of fused-ring (bicyclic) bond motifs is 3. The summed E-state index contributed by atoms with van der Waals surface area (Å²) < 4.78 is 60.5. The summed E-state index contributed by atoms with van der Waals surface area (Å²) in [7, 11) is -3.99. The molecule has 2 heterocycles. The Balaban J connectivity index is 0.977. The number of halogens is 1. The van der Waals surface area contributed by atoms with E-state index >= 15 is 0 Å². The fourth-order valence-corrected chi connectivity index (χ4v) is 9.08. The van der Waals surface area contributed by atoms with Crippen molar-refractivity contribution in [1.29, 1.82) is 0 Å². The summed E-state index contributed by atoms with van der Waals surface area (Å²) in [5, 5.41) is 0. The van der Waals surface area contributed by atoms with E-state index in [0.29, 0.717) is 11.3 Å². The van der Waals surface area contributed by atoms with E-state index in [4.69, 9.17) is 14.2 Å². The first-order valence-corrected chi connectivity index (χ1v) is 18.5. The molecule has 264 valence electrons. The summed E-state index contributed by atoms with van der Waals surface area (Å²) in [6.07, 6.45) is -1.53. The van der Waals surface area contributed by atoms with Gasteiger partial charge in [0.2, 0.25) is 10.0 Å². The van der Waals surface area contributed by atoms with Crippen molar-refractivity contribution in [3.05, 3.63) is 155 Å². The molecule has 3 aliphatic rings. The SMILES string of the molecule is CC1OC(=O)[C@H](Cc2cccc(S(=O)(=O)N3CC(Oc4ccc(F)cc4)(c4ccccc4)C3)c2)N1C(=O)OCC1c2ccccc2-c2ccccc21. The van der Waals surface area contributed by atoms with Crippen molar-refractivity contribution in [3.8, 4) is 16.9 Å². The second-order valence-electron chi connectivity index (χ2n) is 13.3. The van der Waals surface area contributed by atoms with Gasteiger partial charge in [0.1, 0.15) is 24.2 Å². The Hall–Kier alpha value is -5.52. The lowest BCUT2D eigenvalue weighted by Crippen LogP contribution is -2.64. The quantitative estimate of drug-likeness (QED) is 0.153. The van der Waals surface area contributed by atoms with Crippen molar-refractivity contribution >= 4 is 22.1 Å². The molecule has 2 saturated heterocycles. The molecule has 5 aromatic rings. The predicted octanol–water partition coefficient (Wildman–Crippen LogP) is 6.87. The smallest absolute Gasteiger partial charge is 0.413 e. The van der Waals surface area contributed by atoms with Crippen LogP contribution in [-0.2, 0) is 36.3 Å². The minimum absolute atomic E-state index is 0.0262. The van der Waals surface area contributed by atoms with E-state index in [0.717, 1.165) is 27.8 Å². The third-order valence-corrected chi connectivity index (χ3v) is 11.9. The highest BCUT2D eigenvalue weighted by Gasteiger charge is 2.52. The molecule has 2 atom stereocenters. The monoisotopic (exact) mass is 718 g/mol. The van der Waals surface area contributed by atoms with Gasteiger partial charge in [-0.25, -0.2) is 22.4 Å². The molecule has 0 bridgehead atoms. The van der Waals surface area contributed by atoms with E-state index in [1.165, 1.54) is 45.6 Å². The molecule has 2 fully saturated rings. The van der Waals surface area contributed by atoms with Crippen LogP contribution in [0.15, 0.2) is 132 Å². The number of hydrogen-bond donors (Lipinski definition) is 0. The van der Waals surface area contributed by atoms with Gasteiger partial charge in [-0.1, -0.05) is 91.0 Å². The lowest BCUT2D eigenvalue weighted by Gasteiger charge is -2.48. The minimum atomic E-state index is -3.99. The van der Waals surface area contributed by atoms with Crippen LogP contribution in [-0.4, -0.2) is 61.7 Å². The van der Waals surface area contributed by atoms with E-state index in [9.17, 15) is 22.4 Å². The Morgan fingerprint density at radius 2 is 1.48 bits per heavy atom. The second-order valence-corrected chi connectivity index (χ2v) is 15.2. The van der Waals surface area contributed by atoms with Crippen LogP contribution in [0, 0.1) is 5.82 Å². The van der Waals surface area contributed by atoms with Crippen LogP contribution in [0.5, 0.6) is 5.75 Å². The molecular weight excluding hydrogens is 684 g/mol. The van der Waals surface area contributed by atoms with E-state index in [1.54, 1.807) is 19.1 Å². The predicted molar refractivity (Wildman–Crippen MR) is 190 cm³/mol. The second kappa shape index (κ2) is 13.2. The van der Waals surface area contributed by atoms with Gasteiger partial charge in [-0.3, -0.25) is 4.90 Å².